The number of alkyl halides is 3. The summed E-state index contributed by atoms with van der Waals surface area (Å²) in [5.41, 5.74) is 3.53. The Labute approximate surface area is 199 Å². The molecular formula is C25H23F3N4O3. The van der Waals surface area contributed by atoms with E-state index in [2.05, 4.69) is 20.4 Å². The Balaban J connectivity index is 1.44. The standard InChI is InChI=1S/C25H23F3N4O3/c1-14-2-4-17(30-24(34)16-9-23(25(26,27)28)31-29-12-16)10-20(14)15-3-5-19-21(8-15)32-6-7-35-13-18(32)11-22(19)33/h2-5,8-10,12,18,22,33H,6-7,11,13H2,1H3,(H,30,34). The van der Waals surface area contributed by atoms with Gasteiger partial charge in [-0.05, 0) is 47.9 Å². The largest absolute Gasteiger partial charge is 0.435 e. The van der Waals surface area contributed by atoms with Crippen LogP contribution in [0.15, 0.2) is 48.7 Å². The molecule has 2 aliphatic heterocycles. The van der Waals surface area contributed by atoms with E-state index in [-0.39, 0.29) is 11.6 Å². The molecule has 2 aliphatic rings. The van der Waals surface area contributed by atoms with Gasteiger partial charge in [-0.25, -0.2) is 0 Å². The Morgan fingerprint density at radius 2 is 2.03 bits per heavy atom. The molecule has 182 valence electrons. The Kier molecular flexibility index (Phi) is 5.94. The number of carbonyl (C=O) groups excluding carboxylic acids is 1. The van der Waals surface area contributed by atoms with Gasteiger partial charge in [0.15, 0.2) is 5.69 Å². The highest BCUT2D eigenvalue weighted by Gasteiger charge is 2.35. The van der Waals surface area contributed by atoms with Crippen LogP contribution in [0.4, 0.5) is 24.5 Å². The van der Waals surface area contributed by atoms with Gasteiger partial charge in [-0.1, -0.05) is 18.2 Å². The maximum atomic E-state index is 12.9. The third-order valence-corrected chi connectivity index (χ3v) is 6.44. The zero-order chi connectivity index (χ0) is 24.7. The number of fused-ring (bicyclic) bond motifs is 3. The third kappa shape index (κ3) is 4.59. The Hall–Kier alpha value is -3.50. The van der Waals surface area contributed by atoms with E-state index < -0.39 is 23.9 Å². The molecule has 35 heavy (non-hydrogen) atoms. The summed E-state index contributed by atoms with van der Waals surface area (Å²) in [6.07, 6.45) is -3.65. The van der Waals surface area contributed by atoms with Gasteiger partial charge >= 0.3 is 6.18 Å². The molecule has 1 fully saturated rings. The second kappa shape index (κ2) is 8.94. The van der Waals surface area contributed by atoms with E-state index in [0.29, 0.717) is 31.4 Å². The molecule has 1 amide bonds. The first-order chi connectivity index (χ1) is 16.7. The highest BCUT2D eigenvalue weighted by atomic mass is 19.4. The number of hydrogen-bond donors (Lipinski definition) is 2. The molecule has 5 rings (SSSR count). The van der Waals surface area contributed by atoms with Crippen LogP contribution in [0.1, 0.15) is 39.7 Å². The molecule has 7 nitrogen and oxygen atoms in total. The smallest absolute Gasteiger partial charge is 0.388 e. The minimum atomic E-state index is -4.69. The molecule has 0 aliphatic carbocycles. The van der Waals surface area contributed by atoms with Crippen molar-refractivity contribution in [3.8, 4) is 11.1 Å². The first kappa shape index (κ1) is 23.3. The van der Waals surface area contributed by atoms with Gasteiger partial charge in [-0.2, -0.15) is 18.3 Å². The van der Waals surface area contributed by atoms with Gasteiger partial charge in [0.2, 0.25) is 0 Å². The Morgan fingerprint density at radius 1 is 1.20 bits per heavy atom. The molecule has 3 aromatic rings. The van der Waals surface area contributed by atoms with Crippen LogP contribution in [0.2, 0.25) is 0 Å². The van der Waals surface area contributed by atoms with Crippen LogP contribution in [0.3, 0.4) is 0 Å². The molecule has 0 saturated carbocycles. The fourth-order valence-electron chi connectivity index (χ4n) is 4.64. The van der Waals surface area contributed by atoms with E-state index in [0.717, 1.165) is 40.7 Å². The topological polar surface area (TPSA) is 87.6 Å². The number of aromatic nitrogens is 2. The van der Waals surface area contributed by atoms with Crippen LogP contribution in [0, 0.1) is 6.92 Å². The number of hydrogen-bond acceptors (Lipinski definition) is 6. The molecular weight excluding hydrogens is 461 g/mol. The first-order valence-electron chi connectivity index (χ1n) is 11.2. The van der Waals surface area contributed by atoms with Gasteiger partial charge in [0.05, 0.1) is 37.1 Å². The summed E-state index contributed by atoms with van der Waals surface area (Å²) in [7, 11) is 0. The fourth-order valence-corrected chi connectivity index (χ4v) is 4.64. The number of anilines is 2. The number of rotatable bonds is 3. The maximum absolute atomic E-state index is 12.9. The number of benzene rings is 2. The van der Waals surface area contributed by atoms with E-state index in [1.807, 2.05) is 31.2 Å². The van der Waals surface area contributed by atoms with Gasteiger partial charge < -0.3 is 20.1 Å². The molecule has 2 unspecified atom stereocenters. The molecule has 2 N–H and O–H groups in total. The molecule has 0 spiro atoms. The SMILES string of the molecule is Cc1ccc(NC(=O)c2cnnc(C(F)(F)F)c2)cc1-c1ccc2c(c1)N1CCOCC1CC2O. The maximum Gasteiger partial charge on any atom is 0.435 e. The number of aliphatic hydroxyl groups is 1. The summed E-state index contributed by atoms with van der Waals surface area (Å²) < 4.78 is 44.4. The second-order valence-electron chi connectivity index (χ2n) is 8.76. The first-order valence-corrected chi connectivity index (χ1v) is 11.2. The van der Waals surface area contributed by atoms with Crippen molar-refractivity contribution in [3.05, 3.63) is 71.0 Å². The minimum absolute atomic E-state index is 0.115. The number of carbonyl (C=O) groups is 1. The van der Waals surface area contributed by atoms with Gasteiger partial charge in [0.25, 0.3) is 5.91 Å². The number of aliphatic hydroxyl groups excluding tert-OH is 1. The zero-order valence-electron chi connectivity index (χ0n) is 18.8. The van der Waals surface area contributed by atoms with E-state index in [9.17, 15) is 23.1 Å². The molecule has 1 saturated heterocycles. The molecule has 10 heteroatoms. The number of nitrogens with zero attached hydrogens (tertiary/aromatic N) is 3. The molecule has 1 aromatic heterocycles. The monoisotopic (exact) mass is 484 g/mol. The average Bonchev–Trinajstić information content (AvgIpc) is 2.84. The van der Waals surface area contributed by atoms with Crippen molar-refractivity contribution in [1.29, 1.82) is 0 Å². The van der Waals surface area contributed by atoms with Crippen molar-refractivity contribution < 1.29 is 27.8 Å². The van der Waals surface area contributed by atoms with Gasteiger partial charge in [0.1, 0.15) is 0 Å². The third-order valence-electron chi connectivity index (χ3n) is 6.44. The fraction of sp³-hybridized carbons (Fsp3) is 0.320. The lowest BCUT2D eigenvalue weighted by atomic mass is 9.89. The van der Waals surface area contributed by atoms with Crippen molar-refractivity contribution in [2.24, 2.45) is 0 Å². The van der Waals surface area contributed by atoms with Crippen molar-refractivity contribution in [1.82, 2.24) is 10.2 Å². The van der Waals surface area contributed by atoms with Crippen LogP contribution >= 0.6 is 0 Å². The predicted molar refractivity (Wildman–Crippen MR) is 123 cm³/mol. The Bertz CT molecular complexity index is 1280. The lowest BCUT2D eigenvalue weighted by Gasteiger charge is -2.43. The summed E-state index contributed by atoms with van der Waals surface area (Å²) >= 11 is 0. The number of amides is 1. The number of ether oxygens (including phenoxy) is 1. The van der Waals surface area contributed by atoms with Gasteiger partial charge in [-0.15, -0.1) is 5.10 Å². The molecule has 0 radical (unpaired) electrons. The van der Waals surface area contributed by atoms with E-state index in [1.165, 1.54) is 0 Å². The lowest BCUT2D eigenvalue weighted by molar-refractivity contribution is -0.141. The van der Waals surface area contributed by atoms with Gasteiger partial charge in [0, 0.05) is 29.9 Å². The van der Waals surface area contributed by atoms with Crippen molar-refractivity contribution in [3.63, 3.8) is 0 Å². The number of aryl methyl sites for hydroxylation is 1. The predicted octanol–water partition coefficient (Wildman–Crippen LogP) is 4.37. The summed E-state index contributed by atoms with van der Waals surface area (Å²) in [4.78, 5) is 14.9. The molecule has 2 atom stereocenters. The van der Waals surface area contributed by atoms with E-state index >= 15 is 0 Å². The minimum Gasteiger partial charge on any atom is -0.388 e. The van der Waals surface area contributed by atoms with Gasteiger partial charge in [-0.3, -0.25) is 4.79 Å². The highest BCUT2D eigenvalue weighted by molar-refractivity contribution is 6.04. The number of halogens is 3. The normalized spacial score (nSPS) is 19.6. The van der Waals surface area contributed by atoms with Crippen LogP contribution < -0.4 is 10.2 Å². The number of morpholine rings is 1. The van der Waals surface area contributed by atoms with Crippen molar-refractivity contribution in [2.45, 2.75) is 31.7 Å². The zero-order valence-corrected chi connectivity index (χ0v) is 18.8. The summed E-state index contributed by atoms with van der Waals surface area (Å²) in [6, 6.07) is 12.0. The van der Waals surface area contributed by atoms with Crippen molar-refractivity contribution >= 4 is 17.3 Å². The summed E-state index contributed by atoms with van der Waals surface area (Å²) in [5.74, 6) is -0.718. The van der Waals surface area contributed by atoms with Crippen LogP contribution in [0.25, 0.3) is 11.1 Å². The van der Waals surface area contributed by atoms with Crippen LogP contribution in [-0.4, -0.2) is 47.0 Å². The lowest BCUT2D eigenvalue weighted by Crippen LogP contribution is -2.49. The second-order valence-corrected chi connectivity index (χ2v) is 8.76. The Morgan fingerprint density at radius 3 is 2.83 bits per heavy atom. The summed E-state index contributed by atoms with van der Waals surface area (Å²) in [6.45, 7) is 3.87. The molecule has 2 aromatic carbocycles. The quantitative estimate of drug-likeness (QED) is 0.574. The summed E-state index contributed by atoms with van der Waals surface area (Å²) in [5, 5.41) is 19.6. The van der Waals surface area contributed by atoms with Crippen LogP contribution in [0.5, 0.6) is 0 Å². The van der Waals surface area contributed by atoms with Crippen LogP contribution in [-0.2, 0) is 10.9 Å². The number of nitrogens with one attached hydrogen (secondary N) is 1. The average molecular weight is 484 g/mol. The molecule has 0 bridgehead atoms. The highest BCUT2D eigenvalue weighted by Crippen LogP contribution is 2.41. The molecule has 3 heterocycles. The van der Waals surface area contributed by atoms with E-state index in [4.69, 9.17) is 4.74 Å². The van der Waals surface area contributed by atoms with Crippen molar-refractivity contribution in [2.75, 3.05) is 30.0 Å². The van der Waals surface area contributed by atoms with E-state index in [1.54, 1.807) is 12.1 Å².